The summed E-state index contributed by atoms with van der Waals surface area (Å²) in [5, 5.41) is 2.75. The highest BCUT2D eigenvalue weighted by atomic mass is 16.7. The number of hydrogen-bond acceptors (Lipinski definition) is 5. The van der Waals surface area contributed by atoms with E-state index in [1.807, 2.05) is 0 Å². The molecule has 6 nitrogen and oxygen atoms in total. The molecule has 1 saturated heterocycles. The second kappa shape index (κ2) is 4.28. The van der Waals surface area contributed by atoms with Gasteiger partial charge < -0.3 is 19.2 Å². The molecule has 3 heterocycles. The van der Waals surface area contributed by atoms with Crippen molar-refractivity contribution < 1.29 is 23.5 Å². The highest BCUT2D eigenvalue weighted by molar-refractivity contribution is 6.04. The molecule has 1 fully saturated rings. The Bertz CT molecular complexity index is 742. The number of anilines is 1. The van der Waals surface area contributed by atoms with Crippen LogP contribution in [0.4, 0.5) is 5.69 Å². The number of aldehydes is 1. The van der Waals surface area contributed by atoms with Crippen molar-refractivity contribution in [2.75, 3.05) is 18.5 Å². The van der Waals surface area contributed by atoms with Crippen LogP contribution >= 0.6 is 0 Å². The molecule has 1 aromatic carbocycles. The number of ether oxygens (including phenoxy) is 2. The molecule has 0 saturated carbocycles. The predicted octanol–water partition coefficient (Wildman–Crippen LogP) is 1.91. The van der Waals surface area contributed by atoms with Crippen LogP contribution in [-0.4, -0.2) is 25.4 Å². The maximum absolute atomic E-state index is 12.1. The molecule has 0 bridgehead atoms. The van der Waals surface area contributed by atoms with E-state index in [4.69, 9.17) is 13.9 Å². The third-order valence-corrected chi connectivity index (χ3v) is 3.64. The standard InChI is InChI=1S/C15H11NO5/c17-8-10-2-4-13(21-10)9-1-3-12-11(7-9)15(14(18)16-12)19-5-6-20-15/h1-4,7-8H,5-6H2,(H,16,18). The van der Waals surface area contributed by atoms with Crippen molar-refractivity contribution in [1.82, 2.24) is 0 Å². The van der Waals surface area contributed by atoms with Gasteiger partial charge in [-0.3, -0.25) is 9.59 Å². The molecule has 21 heavy (non-hydrogen) atoms. The van der Waals surface area contributed by atoms with Crippen molar-refractivity contribution in [2.45, 2.75) is 5.79 Å². The van der Waals surface area contributed by atoms with Gasteiger partial charge in [-0.1, -0.05) is 0 Å². The van der Waals surface area contributed by atoms with Gasteiger partial charge >= 0.3 is 0 Å². The van der Waals surface area contributed by atoms with E-state index in [9.17, 15) is 9.59 Å². The average molecular weight is 285 g/mol. The SMILES string of the molecule is O=Cc1ccc(-c2ccc3c(c2)C2(OCCO2)C(=O)N3)o1. The van der Waals surface area contributed by atoms with Crippen molar-refractivity contribution in [1.29, 1.82) is 0 Å². The van der Waals surface area contributed by atoms with Crippen molar-refractivity contribution in [3.05, 3.63) is 41.7 Å². The monoisotopic (exact) mass is 285 g/mol. The van der Waals surface area contributed by atoms with Gasteiger partial charge in [0.25, 0.3) is 11.7 Å². The number of carbonyl (C=O) groups is 2. The van der Waals surface area contributed by atoms with E-state index in [-0.39, 0.29) is 11.7 Å². The summed E-state index contributed by atoms with van der Waals surface area (Å²) in [4.78, 5) is 22.8. The summed E-state index contributed by atoms with van der Waals surface area (Å²) >= 11 is 0. The maximum atomic E-state index is 12.1. The Kier molecular flexibility index (Phi) is 2.51. The zero-order valence-electron chi connectivity index (χ0n) is 10.9. The van der Waals surface area contributed by atoms with Gasteiger partial charge in [0.1, 0.15) is 5.76 Å². The second-order valence-corrected chi connectivity index (χ2v) is 4.85. The smallest absolute Gasteiger partial charge is 0.289 e. The molecule has 1 aromatic heterocycles. The summed E-state index contributed by atoms with van der Waals surface area (Å²) in [7, 11) is 0. The van der Waals surface area contributed by atoms with Gasteiger partial charge in [-0.2, -0.15) is 0 Å². The van der Waals surface area contributed by atoms with Crippen LogP contribution in [0.15, 0.2) is 34.7 Å². The van der Waals surface area contributed by atoms with Crippen LogP contribution in [-0.2, 0) is 20.1 Å². The van der Waals surface area contributed by atoms with Crippen molar-refractivity contribution in [3.63, 3.8) is 0 Å². The molecular formula is C15H11NO5. The molecule has 6 heteroatoms. The van der Waals surface area contributed by atoms with Crippen LogP contribution in [0.5, 0.6) is 0 Å². The first-order chi connectivity index (χ1) is 10.2. The van der Waals surface area contributed by atoms with Crippen LogP contribution in [0.2, 0.25) is 0 Å². The second-order valence-electron chi connectivity index (χ2n) is 4.85. The molecule has 106 valence electrons. The van der Waals surface area contributed by atoms with E-state index in [1.54, 1.807) is 30.3 Å². The zero-order valence-corrected chi connectivity index (χ0v) is 10.9. The first kappa shape index (κ1) is 12.3. The zero-order chi connectivity index (χ0) is 14.4. The first-order valence-electron chi connectivity index (χ1n) is 6.52. The summed E-state index contributed by atoms with van der Waals surface area (Å²) in [6.07, 6.45) is 0.645. The number of furan rings is 1. The number of fused-ring (bicyclic) bond motifs is 2. The fourth-order valence-corrected chi connectivity index (χ4v) is 2.68. The van der Waals surface area contributed by atoms with E-state index < -0.39 is 5.79 Å². The van der Waals surface area contributed by atoms with Crippen LogP contribution in [0, 0.1) is 0 Å². The number of amides is 1. The molecule has 0 radical (unpaired) electrons. The molecule has 2 aliphatic heterocycles. The molecule has 2 aromatic rings. The number of rotatable bonds is 2. The predicted molar refractivity (Wildman–Crippen MR) is 71.7 cm³/mol. The molecule has 2 aliphatic rings. The Morgan fingerprint density at radius 3 is 2.67 bits per heavy atom. The van der Waals surface area contributed by atoms with Gasteiger partial charge in [0.05, 0.1) is 18.9 Å². The molecule has 0 unspecified atom stereocenters. The summed E-state index contributed by atoms with van der Waals surface area (Å²) < 4.78 is 16.5. The Hall–Kier alpha value is -2.44. The fraction of sp³-hybridized carbons (Fsp3) is 0.200. The summed E-state index contributed by atoms with van der Waals surface area (Å²) in [6, 6.07) is 8.66. The van der Waals surface area contributed by atoms with Crippen LogP contribution in [0.25, 0.3) is 11.3 Å². The van der Waals surface area contributed by atoms with Gasteiger partial charge in [0, 0.05) is 11.1 Å². The average Bonchev–Trinajstić information content (AvgIpc) is 3.22. The minimum absolute atomic E-state index is 0.253. The third kappa shape index (κ3) is 1.66. The Balaban J connectivity index is 1.82. The number of nitrogens with one attached hydrogen (secondary N) is 1. The van der Waals surface area contributed by atoms with E-state index in [0.29, 0.717) is 36.5 Å². The molecule has 4 rings (SSSR count). The van der Waals surface area contributed by atoms with E-state index in [0.717, 1.165) is 5.56 Å². The van der Waals surface area contributed by atoms with Gasteiger partial charge in [-0.15, -0.1) is 0 Å². The van der Waals surface area contributed by atoms with Crippen molar-refractivity contribution in [3.8, 4) is 11.3 Å². The highest BCUT2D eigenvalue weighted by Gasteiger charge is 2.52. The summed E-state index contributed by atoms with van der Waals surface area (Å²) in [5.41, 5.74) is 2.04. The molecule has 1 spiro atoms. The van der Waals surface area contributed by atoms with E-state index >= 15 is 0 Å². The quantitative estimate of drug-likeness (QED) is 0.853. The molecule has 1 amide bonds. The van der Waals surface area contributed by atoms with Crippen molar-refractivity contribution in [2.24, 2.45) is 0 Å². The highest BCUT2D eigenvalue weighted by Crippen LogP contribution is 2.43. The fourth-order valence-electron chi connectivity index (χ4n) is 2.68. The summed E-state index contributed by atoms with van der Waals surface area (Å²) in [5.74, 6) is -0.874. The maximum Gasteiger partial charge on any atom is 0.289 e. The van der Waals surface area contributed by atoms with Crippen LogP contribution in [0.3, 0.4) is 0 Å². The van der Waals surface area contributed by atoms with Gasteiger partial charge in [0.15, 0.2) is 12.0 Å². The Labute approximate surface area is 119 Å². The van der Waals surface area contributed by atoms with E-state index in [2.05, 4.69) is 5.32 Å². The Morgan fingerprint density at radius 2 is 1.95 bits per heavy atom. The van der Waals surface area contributed by atoms with Crippen LogP contribution in [0.1, 0.15) is 16.1 Å². The lowest BCUT2D eigenvalue weighted by molar-refractivity contribution is -0.178. The minimum Gasteiger partial charge on any atom is -0.453 e. The number of benzene rings is 1. The minimum atomic E-state index is -1.36. The lowest BCUT2D eigenvalue weighted by atomic mass is 10.0. The largest absolute Gasteiger partial charge is 0.453 e. The molecule has 0 atom stereocenters. The van der Waals surface area contributed by atoms with E-state index in [1.165, 1.54) is 0 Å². The molecule has 1 N–H and O–H groups in total. The van der Waals surface area contributed by atoms with Gasteiger partial charge in [0.2, 0.25) is 0 Å². The molecular weight excluding hydrogens is 274 g/mol. The lowest BCUT2D eigenvalue weighted by Crippen LogP contribution is -2.35. The topological polar surface area (TPSA) is 77.8 Å². The molecule has 0 aliphatic carbocycles. The lowest BCUT2D eigenvalue weighted by Gasteiger charge is -2.19. The number of carbonyl (C=O) groups excluding carboxylic acids is 2. The number of hydrogen-bond donors (Lipinski definition) is 1. The van der Waals surface area contributed by atoms with Crippen LogP contribution < -0.4 is 5.32 Å². The third-order valence-electron chi connectivity index (χ3n) is 3.64. The summed E-state index contributed by atoms with van der Waals surface area (Å²) in [6.45, 7) is 0.736. The van der Waals surface area contributed by atoms with Crippen molar-refractivity contribution >= 4 is 17.9 Å². The Morgan fingerprint density at radius 1 is 1.14 bits per heavy atom. The normalized spacial score (nSPS) is 18.8. The first-order valence-corrected chi connectivity index (χ1v) is 6.52. The van der Waals surface area contributed by atoms with Gasteiger partial charge in [-0.25, -0.2) is 0 Å². The van der Waals surface area contributed by atoms with Gasteiger partial charge in [-0.05, 0) is 30.3 Å².